The van der Waals surface area contributed by atoms with Gasteiger partial charge in [0.05, 0.1) is 12.2 Å². The molecule has 25 heavy (non-hydrogen) atoms. The predicted octanol–water partition coefficient (Wildman–Crippen LogP) is 2.95. The van der Waals surface area contributed by atoms with E-state index in [4.69, 9.17) is 10.5 Å². The quantitative estimate of drug-likeness (QED) is 0.869. The van der Waals surface area contributed by atoms with Crippen LogP contribution in [0.3, 0.4) is 0 Å². The number of carbonyl (C=O) groups excluding carboxylic acids is 1. The monoisotopic (exact) mass is 337 g/mol. The average Bonchev–Trinajstić information content (AvgIpc) is 2.61. The topological polar surface area (TPSA) is 58.8 Å². The van der Waals surface area contributed by atoms with Crippen LogP contribution in [0.2, 0.25) is 0 Å². The highest BCUT2D eigenvalue weighted by Gasteiger charge is 2.33. The molecule has 0 aliphatic carbocycles. The normalized spacial score (nSPS) is 22.0. The Morgan fingerprint density at radius 3 is 2.84 bits per heavy atom. The van der Waals surface area contributed by atoms with Gasteiger partial charge in [-0.2, -0.15) is 0 Å². The van der Waals surface area contributed by atoms with E-state index in [0.717, 1.165) is 35.7 Å². The van der Waals surface area contributed by atoms with Gasteiger partial charge in [-0.3, -0.25) is 4.79 Å². The van der Waals surface area contributed by atoms with Crippen molar-refractivity contribution in [1.82, 2.24) is 0 Å². The third-order valence-corrected chi connectivity index (χ3v) is 5.15. The van der Waals surface area contributed by atoms with Crippen LogP contribution in [-0.2, 0) is 0 Å². The first kappa shape index (κ1) is 16.0. The number of nitrogens with two attached hydrogens (primary N) is 1. The first-order valence-electron chi connectivity index (χ1n) is 8.72. The van der Waals surface area contributed by atoms with Gasteiger partial charge in [-0.05, 0) is 43.2 Å². The van der Waals surface area contributed by atoms with Gasteiger partial charge >= 0.3 is 0 Å². The third kappa shape index (κ3) is 2.65. The number of amides is 1. The van der Waals surface area contributed by atoms with Crippen molar-refractivity contribution in [3.63, 3.8) is 0 Å². The van der Waals surface area contributed by atoms with Gasteiger partial charge in [-0.25, -0.2) is 0 Å². The lowest BCUT2D eigenvalue weighted by Gasteiger charge is -2.38. The number of nitrogens with zero attached hydrogens (tertiary/aromatic N) is 2. The number of ether oxygens (including phenoxy) is 1. The summed E-state index contributed by atoms with van der Waals surface area (Å²) >= 11 is 0. The molecule has 0 fully saturated rings. The summed E-state index contributed by atoms with van der Waals surface area (Å²) in [7, 11) is 2.03. The predicted molar refractivity (Wildman–Crippen MR) is 99.5 cm³/mol. The van der Waals surface area contributed by atoms with Crippen LogP contribution in [0, 0.1) is 0 Å². The van der Waals surface area contributed by atoms with E-state index >= 15 is 0 Å². The van der Waals surface area contributed by atoms with Crippen molar-refractivity contribution in [3.05, 3.63) is 53.6 Å². The molecule has 2 aliphatic heterocycles. The number of anilines is 2. The molecular formula is C20H23N3O2. The summed E-state index contributed by atoms with van der Waals surface area (Å²) in [6.45, 7) is 3.55. The molecule has 130 valence electrons. The highest BCUT2D eigenvalue weighted by Crippen LogP contribution is 2.38. The summed E-state index contributed by atoms with van der Waals surface area (Å²) in [6.07, 6.45) is 0.757. The number of carbonyl (C=O) groups is 1. The zero-order valence-electron chi connectivity index (χ0n) is 14.6. The van der Waals surface area contributed by atoms with Gasteiger partial charge in [0.15, 0.2) is 0 Å². The molecule has 0 saturated heterocycles. The molecule has 2 aromatic rings. The number of para-hydroxylation sites is 1. The number of hydrogen-bond acceptors (Lipinski definition) is 4. The van der Waals surface area contributed by atoms with Crippen molar-refractivity contribution < 1.29 is 9.53 Å². The van der Waals surface area contributed by atoms with Gasteiger partial charge in [0, 0.05) is 30.4 Å². The highest BCUT2D eigenvalue weighted by atomic mass is 16.5. The number of likely N-dealkylation sites (N-methyl/N-ethyl adjacent to an activating group) is 1. The zero-order chi connectivity index (χ0) is 17.6. The Morgan fingerprint density at radius 2 is 2.00 bits per heavy atom. The molecule has 0 bridgehead atoms. The maximum atomic E-state index is 13.3. The third-order valence-electron chi connectivity index (χ3n) is 5.15. The van der Waals surface area contributed by atoms with E-state index in [2.05, 4.69) is 11.8 Å². The Labute approximate surface area is 148 Å². The lowest BCUT2D eigenvalue weighted by molar-refractivity contribution is 0.0973. The second kappa shape index (κ2) is 6.08. The van der Waals surface area contributed by atoms with Crippen LogP contribution in [0.4, 0.5) is 11.4 Å². The second-order valence-corrected chi connectivity index (χ2v) is 6.88. The number of fused-ring (bicyclic) bond motifs is 2. The Morgan fingerprint density at radius 1 is 1.20 bits per heavy atom. The van der Waals surface area contributed by atoms with Gasteiger partial charge < -0.3 is 20.3 Å². The molecule has 0 saturated carbocycles. The van der Waals surface area contributed by atoms with Crippen LogP contribution >= 0.6 is 0 Å². The molecule has 2 heterocycles. The summed E-state index contributed by atoms with van der Waals surface area (Å²) in [4.78, 5) is 17.3. The highest BCUT2D eigenvalue weighted by molar-refractivity contribution is 6.07. The molecule has 5 nitrogen and oxygen atoms in total. The van der Waals surface area contributed by atoms with Crippen molar-refractivity contribution in [2.45, 2.75) is 25.4 Å². The maximum Gasteiger partial charge on any atom is 0.258 e. The van der Waals surface area contributed by atoms with Crippen molar-refractivity contribution >= 4 is 17.3 Å². The molecule has 5 heteroatoms. The fourth-order valence-electron chi connectivity index (χ4n) is 3.80. The van der Waals surface area contributed by atoms with Crippen LogP contribution in [0.25, 0.3) is 0 Å². The second-order valence-electron chi connectivity index (χ2n) is 6.88. The Balaban J connectivity index is 1.73. The lowest BCUT2D eigenvalue weighted by Crippen LogP contribution is -2.44. The van der Waals surface area contributed by atoms with Crippen molar-refractivity contribution in [1.29, 1.82) is 0 Å². The van der Waals surface area contributed by atoms with E-state index in [9.17, 15) is 4.79 Å². The van der Waals surface area contributed by atoms with Crippen LogP contribution in [-0.4, -0.2) is 32.1 Å². The van der Waals surface area contributed by atoms with Gasteiger partial charge in [0.1, 0.15) is 12.4 Å². The molecule has 2 aliphatic rings. The van der Waals surface area contributed by atoms with Gasteiger partial charge in [0.25, 0.3) is 5.91 Å². The maximum absolute atomic E-state index is 13.3. The van der Waals surface area contributed by atoms with E-state index in [0.29, 0.717) is 12.2 Å². The fourth-order valence-corrected chi connectivity index (χ4v) is 3.80. The van der Waals surface area contributed by atoms with Crippen LogP contribution in [0.5, 0.6) is 5.75 Å². The Hall–Kier alpha value is -2.53. The number of hydrogen-bond donors (Lipinski definition) is 1. The summed E-state index contributed by atoms with van der Waals surface area (Å²) in [5, 5.41) is 0. The number of rotatable bonds is 1. The summed E-state index contributed by atoms with van der Waals surface area (Å²) in [6, 6.07) is 13.6. The van der Waals surface area contributed by atoms with E-state index in [-0.39, 0.29) is 18.0 Å². The Kier molecular flexibility index (Phi) is 3.88. The minimum Gasteiger partial charge on any atom is -0.490 e. The summed E-state index contributed by atoms with van der Waals surface area (Å²) in [5.41, 5.74) is 9.89. The average molecular weight is 337 g/mol. The molecule has 0 aromatic heterocycles. The molecule has 2 atom stereocenters. The molecule has 1 amide bonds. The fraction of sp³-hybridized carbons (Fsp3) is 0.350. The molecule has 0 radical (unpaired) electrons. The number of benzene rings is 2. The SMILES string of the molecule is CC1CC(N)c2ccccc2N1C(=O)c1ccc2c(c1)OCCN2C. The Bertz CT molecular complexity index is 820. The van der Waals surface area contributed by atoms with Crippen LogP contribution in [0.1, 0.15) is 35.3 Å². The molecule has 0 spiro atoms. The largest absolute Gasteiger partial charge is 0.490 e. The van der Waals surface area contributed by atoms with E-state index in [1.807, 2.05) is 54.4 Å². The van der Waals surface area contributed by atoms with E-state index in [1.165, 1.54) is 0 Å². The van der Waals surface area contributed by atoms with Gasteiger partial charge in [-0.1, -0.05) is 18.2 Å². The summed E-state index contributed by atoms with van der Waals surface area (Å²) in [5.74, 6) is 0.765. The molecular weight excluding hydrogens is 314 g/mol. The lowest BCUT2D eigenvalue weighted by atomic mass is 9.91. The van der Waals surface area contributed by atoms with Crippen LogP contribution < -0.4 is 20.3 Å². The van der Waals surface area contributed by atoms with Crippen LogP contribution in [0.15, 0.2) is 42.5 Å². The molecule has 4 rings (SSSR count). The first-order chi connectivity index (χ1) is 12.1. The molecule has 2 unspecified atom stereocenters. The zero-order valence-corrected chi connectivity index (χ0v) is 14.6. The van der Waals surface area contributed by atoms with Crippen molar-refractivity contribution in [2.24, 2.45) is 5.73 Å². The molecule has 2 aromatic carbocycles. The standard InChI is InChI=1S/C20H23N3O2/c1-13-11-16(21)15-5-3-4-6-17(15)23(13)20(24)14-7-8-18-19(12-14)25-10-9-22(18)2/h3-8,12-13,16H,9-11,21H2,1-2H3. The first-order valence-corrected chi connectivity index (χ1v) is 8.72. The minimum atomic E-state index is -0.0317. The summed E-state index contributed by atoms with van der Waals surface area (Å²) < 4.78 is 5.75. The smallest absolute Gasteiger partial charge is 0.258 e. The molecule has 2 N–H and O–H groups in total. The van der Waals surface area contributed by atoms with E-state index in [1.54, 1.807) is 0 Å². The van der Waals surface area contributed by atoms with Gasteiger partial charge in [-0.15, -0.1) is 0 Å². The van der Waals surface area contributed by atoms with Crippen molar-refractivity contribution in [2.75, 3.05) is 30.0 Å². The minimum absolute atomic E-state index is 0.00789. The van der Waals surface area contributed by atoms with Crippen molar-refractivity contribution in [3.8, 4) is 5.75 Å². The van der Waals surface area contributed by atoms with E-state index < -0.39 is 0 Å². The van der Waals surface area contributed by atoms with Gasteiger partial charge in [0.2, 0.25) is 0 Å².